The van der Waals surface area contributed by atoms with Crippen LogP contribution in [0.4, 0.5) is 0 Å². The number of para-hydroxylation sites is 1. The van der Waals surface area contributed by atoms with Crippen molar-refractivity contribution in [3.63, 3.8) is 0 Å². The van der Waals surface area contributed by atoms with E-state index in [9.17, 15) is 0 Å². The summed E-state index contributed by atoms with van der Waals surface area (Å²) in [7, 11) is 0. The minimum absolute atomic E-state index is 0.394. The van der Waals surface area contributed by atoms with Crippen LogP contribution >= 0.6 is 23.8 Å². The quantitative estimate of drug-likeness (QED) is 0.442. The molecule has 9 heteroatoms. The van der Waals surface area contributed by atoms with Gasteiger partial charge in [-0.05, 0) is 42.0 Å². The summed E-state index contributed by atoms with van der Waals surface area (Å²) >= 11 is 11.2. The maximum Gasteiger partial charge on any atom is 0.216 e. The molecule has 0 bridgehead atoms. The molecule has 0 aliphatic heterocycles. The third-order valence-corrected chi connectivity index (χ3v) is 4.14. The van der Waals surface area contributed by atoms with Crippen molar-refractivity contribution in [2.75, 3.05) is 0 Å². The van der Waals surface area contributed by atoms with E-state index in [4.69, 9.17) is 23.8 Å². The van der Waals surface area contributed by atoms with Gasteiger partial charge >= 0.3 is 0 Å². The highest BCUT2D eigenvalue weighted by Crippen LogP contribution is 2.12. The van der Waals surface area contributed by atoms with Gasteiger partial charge in [0.2, 0.25) is 4.77 Å². The SMILES string of the molecule is S=c1[nH]nc(Cn2nnc3ccccc32)n1/N=C\c1ccc(Cl)cc1. The van der Waals surface area contributed by atoms with Crippen molar-refractivity contribution < 1.29 is 0 Å². The third-order valence-electron chi connectivity index (χ3n) is 3.62. The summed E-state index contributed by atoms with van der Waals surface area (Å²) in [5.41, 5.74) is 2.65. The molecule has 0 aliphatic rings. The Hall–Kier alpha value is -2.84. The molecular formula is C16H12ClN7S. The van der Waals surface area contributed by atoms with E-state index in [1.165, 1.54) is 0 Å². The van der Waals surface area contributed by atoms with Crippen molar-refractivity contribution >= 4 is 41.1 Å². The first-order valence-corrected chi connectivity index (χ1v) is 8.24. The number of rotatable bonds is 4. The minimum Gasteiger partial charge on any atom is -0.250 e. The van der Waals surface area contributed by atoms with Crippen LogP contribution in [-0.4, -0.2) is 36.1 Å². The van der Waals surface area contributed by atoms with E-state index in [-0.39, 0.29) is 0 Å². The molecule has 124 valence electrons. The maximum absolute atomic E-state index is 5.89. The van der Waals surface area contributed by atoms with Crippen LogP contribution in [0.1, 0.15) is 11.4 Å². The predicted octanol–water partition coefficient (Wildman–Crippen LogP) is 3.27. The lowest BCUT2D eigenvalue weighted by molar-refractivity contribution is 0.617. The van der Waals surface area contributed by atoms with E-state index in [0.717, 1.165) is 16.6 Å². The number of aromatic nitrogens is 6. The van der Waals surface area contributed by atoms with Gasteiger partial charge in [-0.2, -0.15) is 14.9 Å². The standard InChI is InChI=1S/C16H12ClN7S/c17-12-7-5-11(6-8-12)9-18-24-15(20-21-16(24)25)10-23-14-4-2-1-3-13(14)19-22-23/h1-9H,10H2,(H,21,25)/b18-9-. The Morgan fingerprint density at radius 1 is 1.16 bits per heavy atom. The fraction of sp³-hybridized carbons (Fsp3) is 0.0625. The number of nitrogens with one attached hydrogen (secondary N) is 1. The second-order valence-corrected chi connectivity index (χ2v) is 6.11. The lowest BCUT2D eigenvalue weighted by atomic mass is 10.2. The highest BCUT2D eigenvalue weighted by atomic mass is 35.5. The molecule has 0 radical (unpaired) electrons. The minimum atomic E-state index is 0.394. The molecule has 0 fully saturated rings. The lowest BCUT2D eigenvalue weighted by Crippen LogP contribution is -2.08. The van der Waals surface area contributed by atoms with Gasteiger partial charge in [-0.15, -0.1) is 5.10 Å². The van der Waals surface area contributed by atoms with Crippen molar-refractivity contribution in [1.82, 2.24) is 29.9 Å². The smallest absolute Gasteiger partial charge is 0.216 e. The van der Waals surface area contributed by atoms with Crippen molar-refractivity contribution in [2.24, 2.45) is 5.10 Å². The number of nitrogens with zero attached hydrogens (tertiary/aromatic N) is 6. The zero-order chi connectivity index (χ0) is 17.2. The van der Waals surface area contributed by atoms with E-state index >= 15 is 0 Å². The molecule has 0 saturated heterocycles. The summed E-state index contributed by atoms with van der Waals surface area (Å²) in [4.78, 5) is 0. The summed E-state index contributed by atoms with van der Waals surface area (Å²) in [6.45, 7) is 0.394. The molecule has 2 heterocycles. The highest BCUT2D eigenvalue weighted by molar-refractivity contribution is 7.71. The number of hydrogen-bond acceptors (Lipinski definition) is 5. The monoisotopic (exact) mass is 369 g/mol. The number of benzene rings is 2. The van der Waals surface area contributed by atoms with Crippen LogP contribution in [-0.2, 0) is 6.54 Å². The average Bonchev–Trinajstić information content (AvgIpc) is 3.19. The molecule has 0 atom stereocenters. The fourth-order valence-electron chi connectivity index (χ4n) is 2.39. The summed E-state index contributed by atoms with van der Waals surface area (Å²) in [5.74, 6) is 0.630. The second kappa shape index (κ2) is 6.58. The number of aromatic amines is 1. The average molecular weight is 370 g/mol. The van der Waals surface area contributed by atoms with E-state index in [2.05, 4.69) is 25.6 Å². The van der Waals surface area contributed by atoms with E-state index in [0.29, 0.717) is 22.2 Å². The molecule has 0 spiro atoms. The van der Waals surface area contributed by atoms with Gasteiger partial charge in [0, 0.05) is 5.02 Å². The summed E-state index contributed by atoms with van der Waals surface area (Å²) in [5, 5.41) is 20.4. The van der Waals surface area contributed by atoms with Crippen LogP contribution in [0.25, 0.3) is 11.0 Å². The Balaban J connectivity index is 1.65. The number of fused-ring (bicyclic) bond motifs is 1. The molecule has 0 unspecified atom stereocenters. The van der Waals surface area contributed by atoms with Gasteiger partial charge in [0.25, 0.3) is 0 Å². The van der Waals surface area contributed by atoms with Gasteiger partial charge in [-0.3, -0.25) is 5.10 Å². The fourth-order valence-corrected chi connectivity index (χ4v) is 2.71. The third kappa shape index (κ3) is 3.21. The van der Waals surface area contributed by atoms with Crippen LogP contribution in [0, 0.1) is 4.77 Å². The molecule has 25 heavy (non-hydrogen) atoms. The Kier molecular flexibility index (Phi) is 4.12. The molecule has 7 nitrogen and oxygen atoms in total. The van der Waals surface area contributed by atoms with Gasteiger partial charge in [0.15, 0.2) is 5.82 Å². The van der Waals surface area contributed by atoms with Gasteiger partial charge in [0.05, 0.1) is 11.7 Å². The molecule has 0 aliphatic carbocycles. The molecule has 1 N–H and O–H groups in total. The first-order chi connectivity index (χ1) is 12.2. The molecule has 0 saturated carbocycles. The van der Waals surface area contributed by atoms with Crippen molar-refractivity contribution in [3.8, 4) is 0 Å². The van der Waals surface area contributed by atoms with E-state index in [1.54, 1.807) is 27.7 Å². The van der Waals surface area contributed by atoms with Crippen molar-refractivity contribution in [1.29, 1.82) is 0 Å². The zero-order valence-corrected chi connectivity index (χ0v) is 14.4. The summed E-state index contributed by atoms with van der Waals surface area (Å²) < 4.78 is 3.74. The Bertz CT molecular complexity index is 1110. The topological polar surface area (TPSA) is 76.7 Å². The van der Waals surface area contributed by atoms with Gasteiger partial charge in [-0.1, -0.05) is 41.1 Å². The molecule has 2 aromatic carbocycles. The highest BCUT2D eigenvalue weighted by Gasteiger charge is 2.10. The van der Waals surface area contributed by atoms with Crippen LogP contribution < -0.4 is 0 Å². The van der Waals surface area contributed by atoms with E-state index < -0.39 is 0 Å². The summed E-state index contributed by atoms with van der Waals surface area (Å²) in [6.07, 6.45) is 1.70. The Labute approximate surface area is 152 Å². The first-order valence-electron chi connectivity index (χ1n) is 7.45. The van der Waals surface area contributed by atoms with Gasteiger partial charge in [-0.25, -0.2) is 4.68 Å². The van der Waals surface area contributed by atoms with E-state index in [1.807, 2.05) is 36.4 Å². The normalized spacial score (nSPS) is 11.6. The summed E-state index contributed by atoms with van der Waals surface area (Å²) in [6, 6.07) is 15.1. The van der Waals surface area contributed by atoms with Crippen LogP contribution in [0.5, 0.6) is 0 Å². The number of H-pyrrole nitrogens is 1. The van der Waals surface area contributed by atoms with Crippen LogP contribution in [0.3, 0.4) is 0 Å². The largest absolute Gasteiger partial charge is 0.250 e. The van der Waals surface area contributed by atoms with Gasteiger partial charge < -0.3 is 0 Å². The first kappa shape index (κ1) is 15.7. The number of hydrogen-bond donors (Lipinski definition) is 1. The Morgan fingerprint density at radius 2 is 1.96 bits per heavy atom. The van der Waals surface area contributed by atoms with Crippen LogP contribution in [0.2, 0.25) is 5.02 Å². The predicted molar refractivity (Wildman–Crippen MR) is 98.5 cm³/mol. The molecular weight excluding hydrogens is 358 g/mol. The van der Waals surface area contributed by atoms with Crippen molar-refractivity contribution in [2.45, 2.75) is 6.54 Å². The Morgan fingerprint density at radius 3 is 2.80 bits per heavy atom. The molecule has 4 aromatic rings. The second-order valence-electron chi connectivity index (χ2n) is 5.29. The molecule has 2 aromatic heterocycles. The molecule has 0 amide bonds. The lowest BCUT2D eigenvalue weighted by Gasteiger charge is -2.02. The molecule has 4 rings (SSSR count). The van der Waals surface area contributed by atoms with Crippen LogP contribution in [0.15, 0.2) is 53.6 Å². The number of halogens is 1. The van der Waals surface area contributed by atoms with Gasteiger partial charge in [0.1, 0.15) is 12.1 Å². The van der Waals surface area contributed by atoms with Crippen molar-refractivity contribution in [3.05, 3.63) is 69.7 Å². The maximum atomic E-state index is 5.89. The zero-order valence-electron chi connectivity index (χ0n) is 12.9.